The number of hydrogen-bond donors (Lipinski definition) is 0. The number of ether oxygens (including phenoxy) is 1. The SMILES string of the molecule is c1cc(-c2nc3c4c(cc5ccccc5c4n2)Oc2ccccc2-3)cc(-n2c3ccccc3c3cc(-n4c5ccccc5c5ccccc54)ccc32)c1. The summed E-state index contributed by atoms with van der Waals surface area (Å²) in [6.07, 6.45) is 0. The first kappa shape index (κ1) is 28.5. The Balaban J connectivity index is 1.08. The van der Waals surface area contributed by atoms with Crippen LogP contribution in [0.2, 0.25) is 0 Å². The third-order valence-electron chi connectivity index (χ3n) is 10.9. The maximum atomic E-state index is 6.44. The van der Waals surface area contributed by atoms with Gasteiger partial charge in [-0.2, -0.15) is 0 Å². The van der Waals surface area contributed by atoms with E-state index in [4.69, 9.17) is 14.7 Å². The summed E-state index contributed by atoms with van der Waals surface area (Å²) in [7, 11) is 0. The molecule has 0 amide bonds. The van der Waals surface area contributed by atoms with Gasteiger partial charge >= 0.3 is 0 Å². The van der Waals surface area contributed by atoms with Gasteiger partial charge in [0.25, 0.3) is 0 Å². The molecule has 3 aromatic heterocycles. The van der Waals surface area contributed by atoms with E-state index in [0.29, 0.717) is 5.82 Å². The average molecular weight is 677 g/mol. The van der Waals surface area contributed by atoms with Crippen LogP contribution in [0.3, 0.4) is 0 Å². The molecule has 0 saturated heterocycles. The average Bonchev–Trinajstić information content (AvgIpc) is 3.73. The lowest BCUT2D eigenvalue weighted by molar-refractivity contribution is 0.487. The van der Waals surface area contributed by atoms with Gasteiger partial charge in [-0.05, 0) is 72.1 Å². The molecule has 0 unspecified atom stereocenters. The maximum Gasteiger partial charge on any atom is 0.160 e. The number of hydrogen-bond acceptors (Lipinski definition) is 3. The van der Waals surface area contributed by atoms with E-state index in [1.165, 1.54) is 32.6 Å². The molecule has 0 aliphatic carbocycles. The fourth-order valence-corrected chi connectivity index (χ4v) is 8.58. The zero-order valence-corrected chi connectivity index (χ0v) is 28.4. The topological polar surface area (TPSA) is 44.9 Å². The second kappa shape index (κ2) is 10.6. The second-order valence-electron chi connectivity index (χ2n) is 13.8. The van der Waals surface area contributed by atoms with Crippen molar-refractivity contribution in [2.75, 3.05) is 0 Å². The fraction of sp³-hybridized carbons (Fsp3) is 0. The normalized spacial score (nSPS) is 12.3. The minimum absolute atomic E-state index is 0.683. The molecular weight excluding hydrogens is 649 g/mol. The third-order valence-corrected chi connectivity index (χ3v) is 10.9. The first-order valence-corrected chi connectivity index (χ1v) is 17.9. The number of para-hydroxylation sites is 4. The molecule has 4 heterocycles. The van der Waals surface area contributed by atoms with E-state index in [9.17, 15) is 0 Å². The van der Waals surface area contributed by atoms with Gasteiger partial charge in [-0.3, -0.25) is 0 Å². The minimum Gasteiger partial charge on any atom is -0.456 e. The van der Waals surface area contributed by atoms with E-state index in [-0.39, 0.29) is 0 Å². The van der Waals surface area contributed by atoms with Crippen molar-refractivity contribution in [1.29, 1.82) is 0 Å². The van der Waals surface area contributed by atoms with Gasteiger partial charge in [-0.25, -0.2) is 9.97 Å². The van der Waals surface area contributed by atoms with Crippen molar-refractivity contribution in [2.45, 2.75) is 0 Å². The first-order valence-electron chi connectivity index (χ1n) is 17.9. The van der Waals surface area contributed by atoms with Crippen LogP contribution >= 0.6 is 0 Å². The highest BCUT2D eigenvalue weighted by molar-refractivity contribution is 6.15. The third kappa shape index (κ3) is 4.02. The van der Waals surface area contributed by atoms with Crippen LogP contribution in [-0.4, -0.2) is 19.1 Å². The number of nitrogens with zero attached hydrogens (tertiary/aromatic N) is 4. The number of aromatic nitrogens is 4. The van der Waals surface area contributed by atoms with Crippen LogP contribution in [-0.2, 0) is 0 Å². The Morgan fingerprint density at radius 2 is 1.02 bits per heavy atom. The Kier molecular flexibility index (Phi) is 5.71. The molecule has 11 aromatic rings. The maximum absolute atomic E-state index is 6.44. The molecule has 1 aliphatic rings. The number of rotatable bonds is 3. The molecule has 0 atom stereocenters. The number of benzene rings is 8. The van der Waals surface area contributed by atoms with Gasteiger partial charge in [0.15, 0.2) is 5.82 Å². The quantitative estimate of drug-likeness (QED) is 0.175. The van der Waals surface area contributed by atoms with Crippen molar-refractivity contribution in [3.63, 3.8) is 0 Å². The van der Waals surface area contributed by atoms with Crippen LogP contribution in [0.4, 0.5) is 0 Å². The predicted molar refractivity (Wildman–Crippen MR) is 217 cm³/mol. The van der Waals surface area contributed by atoms with E-state index in [1.807, 2.05) is 18.2 Å². The van der Waals surface area contributed by atoms with Crippen LogP contribution in [0.25, 0.3) is 99.3 Å². The molecule has 0 bridgehead atoms. The summed E-state index contributed by atoms with van der Waals surface area (Å²) in [5.74, 6) is 2.28. The monoisotopic (exact) mass is 676 g/mol. The standard InChI is InChI=1S/C48H28N4O/c1-2-15-33-29(12-1)27-44-45-46(33)49-48(50-47(45)37-19-6-10-23-43(37)53-44)30-13-11-14-31(26-30)51-41-22-9-5-18-36(41)38-28-32(24-25-42(38)51)52-39-20-7-3-16-34(39)35-17-4-8-21-40(35)52/h1-28H. The van der Waals surface area contributed by atoms with E-state index in [0.717, 1.165) is 72.4 Å². The van der Waals surface area contributed by atoms with Gasteiger partial charge in [0, 0.05) is 49.4 Å². The molecule has 12 rings (SSSR count). The molecule has 0 radical (unpaired) electrons. The van der Waals surface area contributed by atoms with E-state index >= 15 is 0 Å². The predicted octanol–water partition coefficient (Wildman–Crippen LogP) is 12.4. The Morgan fingerprint density at radius 3 is 1.77 bits per heavy atom. The van der Waals surface area contributed by atoms with Crippen molar-refractivity contribution < 1.29 is 4.74 Å². The summed E-state index contributed by atoms with van der Waals surface area (Å²) in [6.45, 7) is 0. The zero-order valence-electron chi connectivity index (χ0n) is 28.4. The van der Waals surface area contributed by atoms with Crippen molar-refractivity contribution in [3.05, 3.63) is 170 Å². The van der Waals surface area contributed by atoms with Crippen molar-refractivity contribution in [3.8, 4) is 45.5 Å². The van der Waals surface area contributed by atoms with E-state index in [2.05, 4.69) is 161 Å². The molecule has 246 valence electrons. The van der Waals surface area contributed by atoms with Crippen molar-refractivity contribution in [1.82, 2.24) is 19.1 Å². The zero-order chi connectivity index (χ0) is 34.6. The van der Waals surface area contributed by atoms with Gasteiger partial charge in [0.05, 0.1) is 38.7 Å². The van der Waals surface area contributed by atoms with Gasteiger partial charge in [0.1, 0.15) is 11.5 Å². The molecule has 53 heavy (non-hydrogen) atoms. The van der Waals surface area contributed by atoms with Gasteiger partial charge < -0.3 is 13.9 Å². The van der Waals surface area contributed by atoms with E-state index < -0.39 is 0 Å². The minimum atomic E-state index is 0.683. The van der Waals surface area contributed by atoms with Gasteiger partial charge in [-0.1, -0.05) is 103 Å². The van der Waals surface area contributed by atoms with Gasteiger partial charge in [0.2, 0.25) is 0 Å². The van der Waals surface area contributed by atoms with Crippen LogP contribution in [0.15, 0.2) is 170 Å². The van der Waals surface area contributed by atoms with Crippen LogP contribution in [0, 0.1) is 0 Å². The van der Waals surface area contributed by atoms with Crippen LogP contribution < -0.4 is 4.74 Å². The molecule has 1 aliphatic heterocycles. The summed E-state index contributed by atoms with van der Waals surface area (Å²) in [6, 6.07) is 60.1. The van der Waals surface area contributed by atoms with Crippen LogP contribution in [0.5, 0.6) is 11.5 Å². The van der Waals surface area contributed by atoms with Crippen molar-refractivity contribution in [2.24, 2.45) is 0 Å². The Hall–Kier alpha value is -7.24. The summed E-state index contributed by atoms with van der Waals surface area (Å²) in [5, 5.41) is 8.04. The molecular formula is C48H28N4O. The summed E-state index contributed by atoms with van der Waals surface area (Å²) < 4.78 is 11.2. The molecule has 8 aromatic carbocycles. The molecule has 0 spiro atoms. The second-order valence-corrected chi connectivity index (χ2v) is 13.8. The molecule has 5 nitrogen and oxygen atoms in total. The summed E-state index contributed by atoms with van der Waals surface area (Å²) in [4.78, 5) is 10.6. The van der Waals surface area contributed by atoms with E-state index in [1.54, 1.807) is 0 Å². The first-order chi connectivity index (χ1) is 26.3. The number of fused-ring (bicyclic) bond motifs is 10. The Bertz CT molecular complexity index is 3280. The lowest BCUT2D eigenvalue weighted by Crippen LogP contribution is -2.03. The smallest absolute Gasteiger partial charge is 0.160 e. The fourth-order valence-electron chi connectivity index (χ4n) is 8.58. The van der Waals surface area contributed by atoms with Gasteiger partial charge in [-0.15, -0.1) is 0 Å². The molecule has 0 N–H and O–H groups in total. The highest BCUT2D eigenvalue weighted by Gasteiger charge is 2.25. The lowest BCUT2D eigenvalue weighted by atomic mass is 9.98. The largest absolute Gasteiger partial charge is 0.456 e. The summed E-state index contributed by atoms with van der Waals surface area (Å²) >= 11 is 0. The van der Waals surface area contributed by atoms with Crippen molar-refractivity contribution >= 4 is 65.3 Å². The molecule has 0 saturated carbocycles. The molecule has 0 fully saturated rings. The summed E-state index contributed by atoms with van der Waals surface area (Å²) in [5.41, 5.74) is 10.6. The Morgan fingerprint density at radius 1 is 0.415 bits per heavy atom. The van der Waals surface area contributed by atoms with Crippen LogP contribution in [0.1, 0.15) is 0 Å². The Labute approximate surface area is 303 Å². The molecule has 5 heteroatoms. The lowest BCUT2D eigenvalue weighted by Gasteiger charge is -2.22. The highest BCUT2D eigenvalue weighted by Crippen LogP contribution is 2.48. The highest BCUT2D eigenvalue weighted by atomic mass is 16.5.